The Morgan fingerprint density at radius 2 is 1.94 bits per heavy atom. The van der Waals surface area contributed by atoms with Crippen LogP contribution in [-0.4, -0.2) is 23.1 Å². The number of aryl methyl sites for hydroxylation is 1. The van der Waals surface area contributed by atoms with Crippen LogP contribution in [0, 0.1) is 0 Å². The number of nitrogens with two attached hydrogens (primary N) is 1. The number of anilines is 1. The predicted octanol–water partition coefficient (Wildman–Crippen LogP) is 1.97. The molecule has 1 aromatic rings. The van der Waals surface area contributed by atoms with Gasteiger partial charge in [0.25, 0.3) is 0 Å². The Hall–Kier alpha value is -0.943. The third-order valence-electron chi connectivity index (χ3n) is 3.39. The van der Waals surface area contributed by atoms with E-state index in [4.69, 9.17) is 5.73 Å². The normalized spacial score (nSPS) is 12.8. The lowest BCUT2D eigenvalue weighted by Gasteiger charge is -2.34. The molecule has 0 saturated heterocycles. The summed E-state index contributed by atoms with van der Waals surface area (Å²) in [7, 11) is -2.12. The van der Waals surface area contributed by atoms with Crippen molar-refractivity contribution >= 4 is 14.1 Å². The van der Waals surface area contributed by atoms with Crippen molar-refractivity contribution in [3.05, 3.63) is 18.1 Å². The molecule has 16 heavy (non-hydrogen) atoms. The lowest BCUT2D eigenvalue weighted by Crippen LogP contribution is -2.39. The number of rotatable bonds is 4. The first-order chi connectivity index (χ1) is 7.22. The van der Waals surface area contributed by atoms with Gasteiger partial charge in [-0.1, -0.05) is 13.8 Å². The smallest absolute Gasteiger partial charge is 0.188 e. The molecule has 1 rings (SSSR count). The van der Waals surface area contributed by atoms with Gasteiger partial charge in [0, 0.05) is 0 Å². The largest absolute Gasteiger partial charge is 0.432 e. The standard InChI is InChI=1S/C11H21N3OSi/c1-11(2,16(3,4)15)6-5-9-7-14-10(12)8-13-9/h7-8,15H,5-6H2,1-4H3,(H2,12,14). The molecule has 0 aliphatic rings. The molecule has 1 aromatic heterocycles. The van der Waals surface area contributed by atoms with Crippen LogP contribution in [0.25, 0.3) is 0 Å². The van der Waals surface area contributed by atoms with Crippen molar-refractivity contribution in [2.24, 2.45) is 0 Å². The Morgan fingerprint density at radius 3 is 2.38 bits per heavy atom. The van der Waals surface area contributed by atoms with Gasteiger partial charge in [-0.3, -0.25) is 4.98 Å². The fourth-order valence-electron chi connectivity index (χ4n) is 1.24. The van der Waals surface area contributed by atoms with Gasteiger partial charge in [0.15, 0.2) is 8.32 Å². The van der Waals surface area contributed by atoms with Crippen molar-refractivity contribution in [3.63, 3.8) is 0 Å². The quantitative estimate of drug-likeness (QED) is 0.788. The van der Waals surface area contributed by atoms with E-state index < -0.39 is 8.32 Å². The lowest BCUT2D eigenvalue weighted by molar-refractivity contribution is 0.450. The Labute approximate surface area is 98.1 Å². The first kappa shape index (κ1) is 13.1. The molecule has 0 aromatic carbocycles. The van der Waals surface area contributed by atoms with Crippen molar-refractivity contribution in [1.29, 1.82) is 0 Å². The van der Waals surface area contributed by atoms with Crippen molar-refractivity contribution in [1.82, 2.24) is 9.97 Å². The van der Waals surface area contributed by atoms with Gasteiger partial charge in [-0.15, -0.1) is 0 Å². The van der Waals surface area contributed by atoms with E-state index in [1.54, 1.807) is 12.4 Å². The summed E-state index contributed by atoms with van der Waals surface area (Å²) in [4.78, 5) is 18.4. The van der Waals surface area contributed by atoms with Gasteiger partial charge in [-0.2, -0.15) is 0 Å². The molecule has 0 saturated carbocycles. The monoisotopic (exact) mass is 239 g/mol. The Balaban J connectivity index is 2.61. The number of hydrogen-bond donors (Lipinski definition) is 2. The molecule has 0 unspecified atom stereocenters. The number of nitrogen functional groups attached to an aromatic ring is 1. The molecule has 0 amide bonds. The highest BCUT2D eigenvalue weighted by atomic mass is 28.4. The fourth-order valence-corrected chi connectivity index (χ4v) is 1.98. The molecule has 0 bridgehead atoms. The minimum absolute atomic E-state index is 0.0178. The van der Waals surface area contributed by atoms with Crippen molar-refractivity contribution in [3.8, 4) is 0 Å². The third kappa shape index (κ3) is 3.28. The highest BCUT2D eigenvalue weighted by Crippen LogP contribution is 2.39. The van der Waals surface area contributed by atoms with Crippen molar-refractivity contribution in [2.75, 3.05) is 5.73 Å². The molecule has 1 heterocycles. The van der Waals surface area contributed by atoms with Crippen molar-refractivity contribution < 1.29 is 4.80 Å². The molecule has 90 valence electrons. The Kier molecular flexibility index (Phi) is 3.70. The van der Waals surface area contributed by atoms with Crippen LogP contribution in [0.3, 0.4) is 0 Å². The zero-order valence-corrected chi connectivity index (χ0v) is 11.5. The van der Waals surface area contributed by atoms with Crippen LogP contribution >= 0.6 is 0 Å². The molecule has 0 radical (unpaired) electrons. The summed E-state index contributed by atoms with van der Waals surface area (Å²) in [6.07, 6.45) is 5.03. The molecule has 0 aliphatic carbocycles. The van der Waals surface area contributed by atoms with Gasteiger partial charge in [0.1, 0.15) is 5.82 Å². The summed E-state index contributed by atoms with van der Waals surface area (Å²) >= 11 is 0. The lowest BCUT2D eigenvalue weighted by atomic mass is 10.1. The molecule has 4 nitrogen and oxygen atoms in total. The first-order valence-corrected chi connectivity index (χ1v) is 8.46. The molecule has 0 spiro atoms. The van der Waals surface area contributed by atoms with E-state index in [2.05, 4.69) is 23.8 Å². The summed E-state index contributed by atoms with van der Waals surface area (Å²) in [6.45, 7) is 8.18. The van der Waals surface area contributed by atoms with E-state index in [0.717, 1.165) is 18.5 Å². The molecular formula is C11H21N3OSi. The van der Waals surface area contributed by atoms with Crippen LogP contribution in [0.4, 0.5) is 5.82 Å². The highest BCUT2D eigenvalue weighted by Gasteiger charge is 2.37. The third-order valence-corrected chi connectivity index (χ3v) is 6.95. The molecule has 0 aliphatic heterocycles. The van der Waals surface area contributed by atoms with E-state index in [9.17, 15) is 4.80 Å². The average Bonchev–Trinajstić information content (AvgIpc) is 2.15. The second-order valence-corrected chi connectivity index (χ2v) is 9.85. The van der Waals surface area contributed by atoms with Gasteiger partial charge in [0.05, 0.1) is 18.1 Å². The second kappa shape index (κ2) is 4.51. The second-order valence-electron chi connectivity index (χ2n) is 5.38. The van der Waals surface area contributed by atoms with Gasteiger partial charge in [-0.05, 0) is 31.0 Å². The predicted molar refractivity (Wildman–Crippen MR) is 68.5 cm³/mol. The average molecular weight is 239 g/mol. The zero-order chi connectivity index (χ0) is 12.4. The SMILES string of the molecule is CC(C)(CCc1cnc(N)cn1)[Si](C)(C)O. The van der Waals surface area contributed by atoms with Crippen LogP contribution in [0.1, 0.15) is 26.0 Å². The summed E-state index contributed by atoms with van der Waals surface area (Å²) in [5.41, 5.74) is 6.40. The minimum Gasteiger partial charge on any atom is -0.432 e. The fraction of sp³-hybridized carbons (Fsp3) is 0.636. The molecule has 3 N–H and O–H groups in total. The minimum atomic E-state index is -2.12. The van der Waals surface area contributed by atoms with Gasteiger partial charge in [0.2, 0.25) is 0 Å². The van der Waals surface area contributed by atoms with E-state index in [1.165, 1.54) is 0 Å². The van der Waals surface area contributed by atoms with Crippen LogP contribution in [0.15, 0.2) is 12.4 Å². The maximum atomic E-state index is 10.2. The zero-order valence-electron chi connectivity index (χ0n) is 10.5. The van der Waals surface area contributed by atoms with Gasteiger partial charge in [-0.25, -0.2) is 4.98 Å². The maximum Gasteiger partial charge on any atom is 0.188 e. The van der Waals surface area contributed by atoms with E-state index in [0.29, 0.717) is 5.82 Å². The highest BCUT2D eigenvalue weighted by molar-refractivity contribution is 6.72. The number of aromatic nitrogens is 2. The topological polar surface area (TPSA) is 72.0 Å². The molecular weight excluding hydrogens is 218 g/mol. The van der Waals surface area contributed by atoms with Gasteiger partial charge >= 0.3 is 0 Å². The summed E-state index contributed by atoms with van der Waals surface area (Å²) in [5, 5.41) is -0.0178. The molecule has 5 heteroatoms. The Bertz CT molecular complexity index is 343. The van der Waals surface area contributed by atoms with E-state index >= 15 is 0 Å². The molecule has 0 fully saturated rings. The number of hydrogen-bond acceptors (Lipinski definition) is 4. The maximum absolute atomic E-state index is 10.2. The summed E-state index contributed by atoms with van der Waals surface area (Å²) < 4.78 is 0. The number of nitrogens with zero attached hydrogens (tertiary/aromatic N) is 2. The summed E-state index contributed by atoms with van der Waals surface area (Å²) in [5.74, 6) is 0.444. The van der Waals surface area contributed by atoms with E-state index in [1.807, 2.05) is 13.1 Å². The van der Waals surface area contributed by atoms with Crippen LogP contribution in [0.5, 0.6) is 0 Å². The van der Waals surface area contributed by atoms with Gasteiger partial charge < -0.3 is 10.5 Å². The summed E-state index contributed by atoms with van der Waals surface area (Å²) in [6, 6.07) is 0. The Morgan fingerprint density at radius 1 is 1.31 bits per heavy atom. The van der Waals surface area contributed by atoms with E-state index in [-0.39, 0.29) is 5.04 Å². The van der Waals surface area contributed by atoms with Crippen LogP contribution in [-0.2, 0) is 6.42 Å². The van der Waals surface area contributed by atoms with Crippen LogP contribution in [0.2, 0.25) is 18.1 Å². The van der Waals surface area contributed by atoms with Crippen LogP contribution < -0.4 is 5.73 Å². The molecule has 0 atom stereocenters. The van der Waals surface area contributed by atoms with Crippen molar-refractivity contribution in [2.45, 2.75) is 44.8 Å². The first-order valence-electron chi connectivity index (χ1n) is 5.51.